The van der Waals surface area contributed by atoms with E-state index in [4.69, 9.17) is 0 Å². The van der Waals surface area contributed by atoms with Crippen LogP contribution < -0.4 is 10.7 Å². The van der Waals surface area contributed by atoms with E-state index >= 15 is 0 Å². The SMILES string of the molecule is CCCCC1NCC2CCCN2NC1CCCC.CN1CCSC1. The fourth-order valence-electron chi connectivity index (χ4n) is 3.87. The first-order chi connectivity index (χ1) is 11.7. The standard InChI is InChI=1S/C15H31N3.C4H9NS/c1-3-5-9-14-15(10-6-4-2)17-18-11-7-8-13(18)12-16-14;1-5-2-3-6-4-5/h13-17H,3-12H2,1-2H3;2-4H2,1H3. The number of thioether (sulfide) groups is 1. The van der Waals surface area contributed by atoms with Gasteiger partial charge in [0.2, 0.25) is 0 Å². The second-order valence-electron chi connectivity index (χ2n) is 7.64. The molecule has 142 valence electrons. The predicted molar refractivity (Wildman–Crippen MR) is 107 cm³/mol. The van der Waals surface area contributed by atoms with Gasteiger partial charge in [0.15, 0.2) is 0 Å². The van der Waals surface area contributed by atoms with Crippen molar-refractivity contribution in [1.29, 1.82) is 0 Å². The zero-order valence-electron chi connectivity index (χ0n) is 16.2. The Morgan fingerprint density at radius 1 is 1.04 bits per heavy atom. The molecule has 3 atom stereocenters. The largest absolute Gasteiger partial charge is 0.311 e. The van der Waals surface area contributed by atoms with Crippen LogP contribution in [-0.2, 0) is 0 Å². The average Bonchev–Trinajstić information content (AvgIpc) is 3.21. The topological polar surface area (TPSA) is 30.5 Å². The van der Waals surface area contributed by atoms with Crippen LogP contribution in [0, 0.1) is 0 Å². The first-order valence-corrected chi connectivity index (χ1v) is 11.4. The van der Waals surface area contributed by atoms with Crippen LogP contribution in [0.25, 0.3) is 0 Å². The normalized spacial score (nSPS) is 31.4. The molecule has 3 fully saturated rings. The Hall–Kier alpha value is 0.190. The van der Waals surface area contributed by atoms with Crippen molar-refractivity contribution in [3.8, 4) is 0 Å². The summed E-state index contributed by atoms with van der Waals surface area (Å²) in [7, 11) is 2.15. The summed E-state index contributed by atoms with van der Waals surface area (Å²) in [5.41, 5.74) is 3.84. The van der Waals surface area contributed by atoms with Gasteiger partial charge >= 0.3 is 0 Å². The molecule has 3 saturated heterocycles. The Labute approximate surface area is 154 Å². The zero-order chi connectivity index (χ0) is 17.2. The van der Waals surface area contributed by atoms with Crippen LogP contribution in [-0.4, -0.2) is 66.3 Å². The second-order valence-corrected chi connectivity index (χ2v) is 8.72. The third kappa shape index (κ3) is 6.83. The highest BCUT2D eigenvalue weighted by molar-refractivity contribution is 7.99. The van der Waals surface area contributed by atoms with Crippen LogP contribution in [0.2, 0.25) is 0 Å². The van der Waals surface area contributed by atoms with E-state index in [2.05, 4.69) is 41.5 Å². The van der Waals surface area contributed by atoms with Crippen molar-refractivity contribution in [2.45, 2.75) is 83.3 Å². The number of hydrazine groups is 1. The lowest BCUT2D eigenvalue weighted by atomic mass is 9.97. The number of nitrogens with zero attached hydrogens (tertiary/aromatic N) is 2. The van der Waals surface area contributed by atoms with Crippen molar-refractivity contribution in [3.63, 3.8) is 0 Å². The molecular formula is C19H40N4S. The first-order valence-electron chi connectivity index (χ1n) is 10.3. The van der Waals surface area contributed by atoms with Crippen molar-refractivity contribution in [1.82, 2.24) is 20.7 Å². The quantitative estimate of drug-likeness (QED) is 0.762. The van der Waals surface area contributed by atoms with Gasteiger partial charge in [-0.2, -0.15) is 0 Å². The van der Waals surface area contributed by atoms with Gasteiger partial charge in [-0.05, 0) is 32.7 Å². The molecule has 4 nitrogen and oxygen atoms in total. The molecule has 0 radical (unpaired) electrons. The number of fused-ring (bicyclic) bond motifs is 1. The third-order valence-electron chi connectivity index (χ3n) is 5.48. The van der Waals surface area contributed by atoms with Gasteiger partial charge in [0.25, 0.3) is 0 Å². The van der Waals surface area contributed by atoms with Crippen molar-refractivity contribution in [3.05, 3.63) is 0 Å². The molecule has 3 rings (SSSR count). The molecule has 2 N–H and O–H groups in total. The second kappa shape index (κ2) is 11.7. The molecule has 0 aromatic carbocycles. The Morgan fingerprint density at radius 2 is 1.79 bits per heavy atom. The van der Waals surface area contributed by atoms with E-state index in [1.807, 2.05) is 11.8 Å². The Bertz CT molecular complexity index is 322. The third-order valence-corrected chi connectivity index (χ3v) is 6.57. The molecule has 0 amide bonds. The van der Waals surface area contributed by atoms with Gasteiger partial charge in [0.1, 0.15) is 0 Å². The summed E-state index contributed by atoms with van der Waals surface area (Å²) in [6, 6.07) is 2.07. The lowest BCUT2D eigenvalue weighted by molar-refractivity contribution is 0.149. The monoisotopic (exact) mass is 356 g/mol. The Kier molecular flexibility index (Phi) is 10.0. The van der Waals surface area contributed by atoms with Gasteiger partial charge in [0, 0.05) is 49.4 Å². The minimum atomic E-state index is 0.652. The van der Waals surface area contributed by atoms with Gasteiger partial charge in [-0.1, -0.05) is 39.5 Å². The molecule has 5 heteroatoms. The molecule has 0 bridgehead atoms. The van der Waals surface area contributed by atoms with E-state index in [9.17, 15) is 0 Å². The Balaban J connectivity index is 0.000000292. The molecule has 24 heavy (non-hydrogen) atoms. The predicted octanol–water partition coefficient (Wildman–Crippen LogP) is 3.30. The van der Waals surface area contributed by atoms with Crippen LogP contribution >= 0.6 is 11.8 Å². The van der Waals surface area contributed by atoms with Gasteiger partial charge in [0.05, 0.1) is 0 Å². The fraction of sp³-hybridized carbons (Fsp3) is 1.00. The lowest BCUT2D eigenvalue weighted by Gasteiger charge is -2.29. The maximum atomic E-state index is 3.84. The highest BCUT2D eigenvalue weighted by atomic mass is 32.2. The van der Waals surface area contributed by atoms with Crippen LogP contribution in [0.1, 0.15) is 65.2 Å². The lowest BCUT2D eigenvalue weighted by Crippen LogP contribution is -2.50. The number of hydrogen-bond acceptors (Lipinski definition) is 5. The minimum Gasteiger partial charge on any atom is -0.311 e. The maximum absolute atomic E-state index is 3.84. The average molecular weight is 357 g/mol. The van der Waals surface area contributed by atoms with Gasteiger partial charge in [-0.15, -0.1) is 11.8 Å². The zero-order valence-corrected chi connectivity index (χ0v) is 17.0. The highest BCUT2D eigenvalue weighted by Gasteiger charge is 2.33. The smallest absolute Gasteiger partial charge is 0.0442 e. The first kappa shape index (κ1) is 20.5. The summed E-state index contributed by atoms with van der Waals surface area (Å²) in [5.74, 6) is 2.57. The Morgan fingerprint density at radius 3 is 2.38 bits per heavy atom. The van der Waals surface area contributed by atoms with E-state index in [1.54, 1.807) is 0 Å². The molecule has 3 aliphatic rings. The van der Waals surface area contributed by atoms with Crippen LogP contribution in [0.5, 0.6) is 0 Å². The van der Waals surface area contributed by atoms with Gasteiger partial charge < -0.3 is 5.32 Å². The molecule has 0 aromatic rings. The summed E-state index contributed by atoms with van der Waals surface area (Å²) in [5, 5.41) is 6.37. The molecular weight excluding hydrogens is 316 g/mol. The maximum Gasteiger partial charge on any atom is 0.0442 e. The summed E-state index contributed by atoms with van der Waals surface area (Å²) in [6.07, 6.45) is 10.7. The van der Waals surface area contributed by atoms with Crippen LogP contribution in [0.4, 0.5) is 0 Å². The van der Waals surface area contributed by atoms with Crippen molar-refractivity contribution < 1.29 is 0 Å². The minimum absolute atomic E-state index is 0.652. The van der Waals surface area contributed by atoms with E-state index in [-0.39, 0.29) is 0 Å². The fourth-order valence-corrected chi connectivity index (χ4v) is 4.88. The molecule has 3 heterocycles. The van der Waals surface area contributed by atoms with E-state index in [0.29, 0.717) is 12.1 Å². The van der Waals surface area contributed by atoms with Crippen molar-refractivity contribution in [2.24, 2.45) is 0 Å². The van der Waals surface area contributed by atoms with Crippen LogP contribution in [0.15, 0.2) is 0 Å². The van der Waals surface area contributed by atoms with E-state index in [1.165, 1.54) is 82.6 Å². The van der Waals surface area contributed by atoms with Crippen molar-refractivity contribution in [2.75, 3.05) is 38.3 Å². The molecule has 3 aliphatic heterocycles. The van der Waals surface area contributed by atoms with E-state index < -0.39 is 0 Å². The number of nitrogens with one attached hydrogen (secondary N) is 2. The summed E-state index contributed by atoms with van der Waals surface area (Å²) in [4.78, 5) is 2.32. The summed E-state index contributed by atoms with van der Waals surface area (Å²) < 4.78 is 0. The summed E-state index contributed by atoms with van der Waals surface area (Å²) >= 11 is 2.01. The van der Waals surface area contributed by atoms with Gasteiger partial charge in [-0.25, -0.2) is 5.01 Å². The highest BCUT2D eigenvalue weighted by Crippen LogP contribution is 2.21. The van der Waals surface area contributed by atoms with E-state index in [0.717, 1.165) is 6.04 Å². The van der Waals surface area contributed by atoms with Gasteiger partial charge in [-0.3, -0.25) is 10.3 Å². The molecule has 0 spiro atoms. The molecule has 0 aromatic heterocycles. The van der Waals surface area contributed by atoms with Crippen molar-refractivity contribution >= 4 is 11.8 Å². The molecule has 0 saturated carbocycles. The number of hydrogen-bond donors (Lipinski definition) is 2. The molecule has 3 unspecified atom stereocenters. The summed E-state index contributed by atoms with van der Waals surface area (Å²) in [6.45, 7) is 8.30. The van der Waals surface area contributed by atoms with Crippen LogP contribution in [0.3, 0.4) is 0 Å². The number of unbranched alkanes of at least 4 members (excludes halogenated alkanes) is 2. The molecule has 0 aliphatic carbocycles. The number of rotatable bonds is 6.